The number of ether oxygens (including phenoxy) is 1. The third-order valence-electron chi connectivity index (χ3n) is 4.90. The number of nitrogens with zero attached hydrogens (tertiary/aromatic N) is 2. The maximum atomic E-state index is 12.8. The van der Waals surface area contributed by atoms with Crippen LogP contribution in [-0.4, -0.2) is 46.4 Å². The molecule has 0 aliphatic rings. The summed E-state index contributed by atoms with van der Waals surface area (Å²) in [6, 6.07) is 23.6. The van der Waals surface area contributed by atoms with Gasteiger partial charge >= 0.3 is 0 Å². The zero-order chi connectivity index (χ0) is 23.1. The second kappa shape index (κ2) is 10.3. The van der Waals surface area contributed by atoms with E-state index in [0.29, 0.717) is 12.2 Å². The highest BCUT2D eigenvalue weighted by Crippen LogP contribution is 2.22. The first-order valence-electron chi connectivity index (χ1n) is 10.0. The summed E-state index contributed by atoms with van der Waals surface area (Å²) in [6.07, 6.45) is 0. The zero-order valence-electron chi connectivity index (χ0n) is 18.4. The Balaban J connectivity index is 1.74. The molecule has 8 heteroatoms. The van der Waals surface area contributed by atoms with Crippen LogP contribution in [0.1, 0.15) is 5.56 Å². The summed E-state index contributed by atoms with van der Waals surface area (Å²) in [7, 11) is 1.05. The van der Waals surface area contributed by atoms with E-state index in [2.05, 4.69) is 5.32 Å². The van der Waals surface area contributed by atoms with Crippen molar-refractivity contribution in [3.8, 4) is 5.75 Å². The maximum absolute atomic E-state index is 12.8. The summed E-state index contributed by atoms with van der Waals surface area (Å²) in [5, 5.41) is 2.84. The predicted molar refractivity (Wildman–Crippen MR) is 126 cm³/mol. The fourth-order valence-electron chi connectivity index (χ4n) is 3.13. The number of methoxy groups -OCH3 is 1. The standard InChI is InChI=1S/C24H27N3O4S/c1-26(2)32(29,30)23-15-9-20(10-16-23)25-24(28)18-27(17-19-7-5-4-6-8-19)21-11-13-22(31-3)14-12-21/h4-16H,17-18H2,1-3H3,(H,25,28). The monoisotopic (exact) mass is 453 g/mol. The fourth-order valence-corrected chi connectivity index (χ4v) is 4.03. The van der Waals surface area contributed by atoms with E-state index < -0.39 is 10.0 Å². The normalized spacial score (nSPS) is 11.2. The molecular weight excluding hydrogens is 426 g/mol. The molecule has 0 fully saturated rings. The highest BCUT2D eigenvalue weighted by atomic mass is 32.2. The molecule has 0 radical (unpaired) electrons. The van der Waals surface area contributed by atoms with E-state index in [4.69, 9.17) is 4.74 Å². The highest BCUT2D eigenvalue weighted by Gasteiger charge is 2.17. The van der Waals surface area contributed by atoms with E-state index >= 15 is 0 Å². The van der Waals surface area contributed by atoms with Crippen LogP contribution in [0.2, 0.25) is 0 Å². The molecule has 0 atom stereocenters. The summed E-state index contributed by atoms with van der Waals surface area (Å²) in [6.45, 7) is 0.680. The number of hydrogen-bond donors (Lipinski definition) is 1. The van der Waals surface area contributed by atoms with Crippen LogP contribution >= 0.6 is 0 Å². The minimum absolute atomic E-state index is 0.124. The molecule has 0 heterocycles. The van der Waals surface area contributed by atoms with Gasteiger partial charge in [-0.25, -0.2) is 12.7 Å². The van der Waals surface area contributed by atoms with Crippen molar-refractivity contribution in [1.82, 2.24) is 4.31 Å². The van der Waals surface area contributed by atoms with E-state index in [0.717, 1.165) is 21.3 Å². The number of carbonyl (C=O) groups is 1. The number of rotatable bonds is 9. The molecule has 168 valence electrons. The lowest BCUT2D eigenvalue weighted by Crippen LogP contribution is -2.33. The van der Waals surface area contributed by atoms with Crippen LogP contribution in [0.5, 0.6) is 5.75 Å². The van der Waals surface area contributed by atoms with E-state index in [1.165, 1.54) is 26.2 Å². The van der Waals surface area contributed by atoms with Crippen LogP contribution in [-0.2, 0) is 21.4 Å². The Kier molecular flexibility index (Phi) is 7.50. The zero-order valence-corrected chi connectivity index (χ0v) is 19.2. The first-order chi connectivity index (χ1) is 15.3. The molecule has 7 nitrogen and oxygen atoms in total. The van der Waals surface area contributed by atoms with Crippen LogP contribution < -0.4 is 15.0 Å². The Hall–Kier alpha value is -3.36. The van der Waals surface area contributed by atoms with Gasteiger partial charge < -0.3 is 15.0 Å². The minimum atomic E-state index is -3.52. The number of hydrogen-bond acceptors (Lipinski definition) is 5. The van der Waals surface area contributed by atoms with Crippen LogP contribution in [0.3, 0.4) is 0 Å². The number of carbonyl (C=O) groups excluding carboxylic acids is 1. The summed E-state index contributed by atoms with van der Waals surface area (Å²) >= 11 is 0. The maximum Gasteiger partial charge on any atom is 0.243 e. The van der Waals surface area contributed by atoms with E-state index in [-0.39, 0.29) is 17.3 Å². The van der Waals surface area contributed by atoms with Gasteiger partial charge in [0.05, 0.1) is 18.6 Å². The van der Waals surface area contributed by atoms with Crippen molar-refractivity contribution in [2.75, 3.05) is 38.0 Å². The molecule has 3 aromatic rings. The molecule has 0 saturated heterocycles. The molecule has 1 amide bonds. The molecule has 0 bridgehead atoms. The molecule has 0 aliphatic heterocycles. The molecule has 0 aromatic heterocycles. The van der Waals surface area contributed by atoms with Crippen molar-refractivity contribution in [2.24, 2.45) is 0 Å². The molecule has 0 spiro atoms. The summed E-state index contributed by atoms with van der Waals surface area (Å²) in [4.78, 5) is 14.9. The average molecular weight is 454 g/mol. The lowest BCUT2D eigenvalue weighted by Gasteiger charge is -2.25. The fraction of sp³-hybridized carbons (Fsp3) is 0.208. The molecule has 1 N–H and O–H groups in total. The number of nitrogens with one attached hydrogen (secondary N) is 1. The van der Waals surface area contributed by atoms with Crippen molar-refractivity contribution in [3.63, 3.8) is 0 Å². The largest absolute Gasteiger partial charge is 0.497 e. The molecule has 3 aromatic carbocycles. The van der Waals surface area contributed by atoms with Crippen LogP contribution in [0.4, 0.5) is 11.4 Å². The van der Waals surface area contributed by atoms with Crippen molar-refractivity contribution in [3.05, 3.63) is 84.4 Å². The second-order valence-electron chi connectivity index (χ2n) is 7.40. The number of sulfonamides is 1. The van der Waals surface area contributed by atoms with Gasteiger partial charge in [-0.1, -0.05) is 30.3 Å². The lowest BCUT2D eigenvalue weighted by molar-refractivity contribution is -0.115. The van der Waals surface area contributed by atoms with Gasteiger partial charge in [0.1, 0.15) is 5.75 Å². The molecule has 3 rings (SSSR count). The van der Waals surface area contributed by atoms with Gasteiger partial charge in [-0.2, -0.15) is 0 Å². The van der Waals surface area contributed by atoms with Gasteiger partial charge in [0.2, 0.25) is 15.9 Å². The van der Waals surface area contributed by atoms with Crippen molar-refractivity contribution >= 4 is 27.3 Å². The Labute approximate surface area is 189 Å². The third kappa shape index (κ3) is 5.87. The van der Waals surface area contributed by atoms with E-state index in [9.17, 15) is 13.2 Å². The summed E-state index contributed by atoms with van der Waals surface area (Å²) in [5.74, 6) is 0.533. The topological polar surface area (TPSA) is 79.0 Å². The van der Waals surface area contributed by atoms with Crippen LogP contribution in [0, 0.1) is 0 Å². The Morgan fingerprint density at radius 1 is 0.906 bits per heavy atom. The SMILES string of the molecule is COc1ccc(N(CC(=O)Nc2ccc(S(=O)(=O)N(C)C)cc2)Cc2ccccc2)cc1. The minimum Gasteiger partial charge on any atom is -0.497 e. The number of benzene rings is 3. The summed E-state index contributed by atoms with van der Waals surface area (Å²) < 4.78 is 30.8. The van der Waals surface area contributed by atoms with Gasteiger partial charge in [0.15, 0.2) is 0 Å². The third-order valence-corrected chi connectivity index (χ3v) is 6.73. The van der Waals surface area contributed by atoms with Crippen molar-refractivity contribution in [1.29, 1.82) is 0 Å². The highest BCUT2D eigenvalue weighted by molar-refractivity contribution is 7.89. The van der Waals surface area contributed by atoms with Crippen molar-refractivity contribution in [2.45, 2.75) is 11.4 Å². The predicted octanol–water partition coefficient (Wildman–Crippen LogP) is 3.59. The quantitative estimate of drug-likeness (QED) is 0.536. The van der Waals surface area contributed by atoms with Gasteiger partial charge in [0.25, 0.3) is 0 Å². The first kappa shape index (κ1) is 23.3. The molecule has 0 unspecified atom stereocenters. The van der Waals surface area contributed by atoms with Crippen LogP contribution in [0.15, 0.2) is 83.8 Å². The molecular formula is C24H27N3O4S. The van der Waals surface area contributed by atoms with Crippen molar-refractivity contribution < 1.29 is 17.9 Å². The average Bonchev–Trinajstić information content (AvgIpc) is 2.79. The Bertz CT molecular complexity index is 1130. The van der Waals surface area contributed by atoms with Gasteiger partial charge in [0, 0.05) is 32.0 Å². The molecule has 0 saturated carbocycles. The molecule has 0 aliphatic carbocycles. The van der Waals surface area contributed by atoms with E-state index in [1.807, 2.05) is 59.5 Å². The summed E-state index contributed by atoms with van der Waals surface area (Å²) in [5.41, 5.74) is 2.49. The first-order valence-corrected chi connectivity index (χ1v) is 11.5. The number of anilines is 2. The lowest BCUT2D eigenvalue weighted by atomic mass is 10.2. The van der Waals surface area contributed by atoms with Gasteiger partial charge in [-0.15, -0.1) is 0 Å². The van der Waals surface area contributed by atoms with Crippen LogP contribution in [0.25, 0.3) is 0 Å². The Morgan fingerprint density at radius 2 is 1.53 bits per heavy atom. The van der Waals surface area contributed by atoms with Gasteiger partial charge in [-0.05, 0) is 54.1 Å². The second-order valence-corrected chi connectivity index (χ2v) is 9.55. The smallest absolute Gasteiger partial charge is 0.243 e. The van der Waals surface area contributed by atoms with Gasteiger partial charge in [-0.3, -0.25) is 4.79 Å². The van der Waals surface area contributed by atoms with E-state index in [1.54, 1.807) is 19.2 Å². The number of amides is 1. The Morgan fingerprint density at radius 3 is 2.09 bits per heavy atom. The molecule has 32 heavy (non-hydrogen) atoms.